The van der Waals surface area contributed by atoms with E-state index in [1.165, 1.54) is 0 Å². The molecule has 1 fully saturated rings. The van der Waals surface area contributed by atoms with Crippen LogP contribution in [-0.4, -0.2) is 25.1 Å². The van der Waals surface area contributed by atoms with Crippen molar-refractivity contribution in [1.82, 2.24) is 0 Å². The third kappa shape index (κ3) is 2.40. The molecule has 2 aliphatic rings. The Morgan fingerprint density at radius 3 is 2.19 bits per heavy atom. The maximum absolute atomic E-state index is 6.31. The van der Waals surface area contributed by atoms with Crippen LogP contribution in [0.15, 0.2) is 12.1 Å². The Labute approximate surface area is 129 Å². The molecule has 0 aromatic heterocycles. The van der Waals surface area contributed by atoms with Crippen LogP contribution in [0.3, 0.4) is 0 Å². The number of halogens is 1. The lowest BCUT2D eigenvalue weighted by atomic mass is 9.75. The predicted octanol–water partition coefficient (Wildman–Crippen LogP) is 2.70. The second-order valence-electron chi connectivity index (χ2n) is 6.38. The summed E-state index contributed by atoms with van der Waals surface area (Å²) in [6.45, 7) is 8.14. The molecule has 0 bridgehead atoms. The SMILES string of the molecule is CC1(C)OB([C@H](N)c2cc3c(cc2Cl)OCO3)OC1(C)C. The molecule has 3 rings (SSSR count). The molecule has 7 heteroatoms. The van der Waals surface area contributed by atoms with Crippen LogP contribution in [0.2, 0.25) is 5.02 Å². The van der Waals surface area contributed by atoms with Crippen molar-refractivity contribution < 1.29 is 18.8 Å². The molecule has 0 saturated carbocycles. The van der Waals surface area contributed by atoms with Gasteiger partial charge in [0.25, 0.3) is 0 Å². The summed E-state index contributed by atoms with van der Waals surface area (Å²) < 4.78 is 22.6. The van der Waals surface area contributed by atoms with Crippen molar-refractivity contribution in [2.75, 3.05) is 6.79 Å². The number of hydrogen-bond donors (Lipinski definition) is 1. The lowest BCUT2D eigenvalue weighted by Gasteiger charge is -2.32. The zero-order chi connectivity index (χ0) is 15.4. The van der Waals surface area contributed by atoms with Crippen LogP contribution in [0.25, 0.3) is 0 Å². The highest BCUT2D eigenvalue weighted by Crippen LogP contribution is 2.43. The van der Waals surface area contributed by atoms with Crippen molar-refractivity contribution in [2.24, 2.45) is 5.73 Å². The molecule has 21 heavy (non-hydrogen) atoms. The molecule has 114 valence electrons. The molecule has 5 nitrogen and oxygen atoms in total. The summed E-state index contributed by atoms with van der Waals surface area (Å²) in [5, 5.41) is 0.515. The summed E-state index contributed by atoms with van der Waals surface area (Å²) >= 11 is 6.30. The fraction of sp³-hybridized carbons (Fsp3) is 0.571. The molecule has 0 amide bonds. The van der Waals surface area contributed by atoms with Gasteiger partial charge in [-0.15, -0.1) is 0 Å². The van der Waals surface area contributed by atoms with Crippen LogP contribution >= 0.6 is 11.6 Å². The minimum absolute atomic E-state index is 0.195. The fourth-order valence-corrected chi connectivity index (χ4v) is 2.65. The van der Waals surface area contributed by atoms with Gasteiger partial charge < -0.3 is 24.5 Å². The minimum Gasteiger partial charge on any atom is -0.454 e. The molecule has 2 N–H and O–H groups in total. The third-order valence-corrected chi connectivity index (χ3v) is 4.74. The van der Waals surface area contributed by atoms with E-state index in [0.29, 0.717) is 16.5 Å². The molecule has 1 atom stereocenters. The van der Waals surface area contributed by atoms with E-state index in [2.05, 4.69) is 0 Å². The monoisotopic (exact) mass is 311 g/mol. The van der Waals surface area contributed by atoms with Gasteiger partial charge >= 0.3 is 7.12 Å². The van der Waals surface area contributed by atoms with Gasteiger partial charge in [-0.05, 0) is 39.3 Å². The first-order valence-electron chi connectivity index (χ1n) is 6.91. The molecule has 2 heterocycles. The predicted molar refractivity (Wildman–Crippen MR) is 80.6 cm³/mol. The summed E-state index contributed by atoms with van der Waals surface area (Å²) in [6, 6.07) is 3.50. The number of benzene rings is 1. The zero-order valence-corrected chi connectivity index (χ0v) is 13.4. The Kier molecular flexibility index (Phi) is 3.41. The lowest BCUT2D eigenvalue weighted by Crippen LogP contribution is -2.41. The van der Waals surface area contributed by atoms with E-state index in [0.717, 1.165) is 5.56 Å². The van der Waals surface area contributed by atoms with Gasteiger partial charge in [-0.2, -0.15) is 0 Å². The average Bonchev–Trinajstić information content (AvgIpc) is 2.89. The molecular formula is C14H19BClNO4. The minimum atomic E-state index is -0.562. The zero-order valence-electron chi connectivity index (χ0n) is 12.6. The highest BCUT2D eigenvalue weighted by atomic mass is 35.5. The van der Waals surface area contributed by atoms with E-state index in [-0.39, 0.29) is 6.79 Å². The van der Waals surface area contributed by atoms with Crippen LogP contribution in [0, 0.1) is 0 Å². The summed E-state index contributed by atoms with van der Waals surface area (Å²) in [7, 11) is -0.562. The van der Waals surface area contributed by atoms with E-state index < -0.39 is 24.3 Å². The number of rotatable bonds is 2. The van der Waals surface area contributed by atoms with E-state index in [4.69, 9.17) is 36.1 Å². The van der Waals surface area contributed by atoms with E-state index in [9.17, 15) is 0 Å². The molecule has 0 radical (unpaired) electrons. The first kappa shape index (κ1) is 15.0. The van der Waals surface area contributed by atoms with Gasteiger partial charge in [0.1, 0.15) is 0 Å². The van der Waals surface area contributed by atoms with Crippen molar-refractivity contribution in [3.8, 4) is 11.5 Å². The second-order valence-corrected chi connectivity index (χ2v) is 6.78. The van der Waals surface area contributed by atoms with Crippen LogP contribution in [0.4, 0.5) is 0 Å². The molecule has 1 aromatic rings. The third-order valence-electron chi connectivity index (χ3n) is 4.42. The van der Waals surface area contributed by atoms with Crippen LogP contribution in [0.1, 0.15) is 39.2 Å². The highest BCUT2D eigenvalue weighted by molar-refractivity contribution is 6.48. The van der Waals surface area contributed by atoms with Crippen molar-refractivity contribution in [1.29, 1.82) is 0 Å². The van der Waals surface area contributed by atoms with Gasteiger partial charge in [-0.1, -0.05) is 11.6 Å². The number of nitrogens with two attached hydrogens (primary N) is 1. The second kappa shape index (κ2) is 4.78. The van der Waals surface area contributed by atoms with Crippen LogP contribution in [-0.2, 0) is 9.31 Å². The lowest BCUT2D eigenvalue weighted by molar-refractivity contribution is 0.00578. The summed E-state index contributed by atoms with van der Waals surface area (Å²) in [5.41, 5.74) is 6.16. The Balaban J connectivity index is 1.88. The summed E-state index contributed by atoms with van der Waals surface area (Å²) in [6.07, 6.45) is 0. The van der Waals surface area contributed by atoms with Gasteiger partial charge in [0.15, 0.2) is 11.5 Å². The van der Waals surface area contributed by atoms with Crippen molar-refractivity contribution in [3.63, 3.8) is 0 Å². The van der Waals surface area contributed by atoms with Crippen molar-refractivity contribution >= 4 is 18.7 Å². The van der Waals surface area contributed by atoms with Gasteiger partial charge in [-0.25, -0.2) is 0 Å². The van der Waals surface area contributed by atoms with Gasteiger partial charge in [0.05, 0.1) is 17.1 Å². The Morgan fingerprint density at radius 2 is 1.62 bits per heavy atom. The molecule has 1 aromatic carbocycles. The largest absolute Gasteiger partial charge is 0.480 e. The molecule has 0 unspecified atom stereocenters. The van der Waals surface area contributed by atoms with E-state index in [1.807, 2.05) is 27.7 Å². The molecule has 1 saturated heterocycles. The Hall–Kier alpha value is -0.945. The van der Waals surface area contributed by atoms with Gasteiger partial charge in [0.2, 0.25) is 6.79 Å². The maximum atomic E-state index is 6.31. The van der Waals surface area contributed by atoms with E-state index in [1.54, 1.807) is 12.1 Å². The fourth-order valence-electron chi connectivity index (χ4n) is 2.37. The number of hydrogen-bond acceptors (Lipinski definition) is 5. The first-order chi connectivity index (χ1) is 9.71. The summed E-state index contributed by atoms with van der Waals surface area (Å²) in [5.74, 6) is 0.763. The Morgan fingerprint density at radius 1 is 1.10 bits per heavy atom. The molecule has 0 spiro atoms. The summed E-state index contributed by atoms with van der Waals surface area (Å²) in [4.78, 5) is 0. The number of ether oxygens (including phenoxy) is 2. The molecule has 0 aliphatic carbocycles. The van der Waals surface area contributed by atoms with Gasteiger partial charge in [0, 0.05) is 11.1 Å². The van der Waals surface area contributed by atoms with Crippen molar-refractivity contribution in [2.45, 2.75) is 44.8 Å². The first-order valence-corrected chi connectivity index (χ1v) is 7.29. The normalized spacial score (nSPS) is 23.4. The Bertz CT molecular complexity index is 562. The standard InChI is InChI=1S/C14H19BClNO4/c1-13(2)14(3,4)21-15(20-13)12(17)8-5-10-11(6-9(8)16)19-7-18-10/h5-6,12H,7,17H2,1-4H3/t12-/m1/s1. The topological polar surface area (TPSA) is 62.9 Å². The molecule has 2 aliphatic heterocycles. The van der Waals surface area contributed by atoms with Crippen LogP contribution < -0.4 is 15.2 Å². The average molecular weight is 312 g/mol. The van der Waals surface area contributed by atoms with Crippen LogP contribution in [0.5, 0.6) is 11.5 Å². The smallest absolute Gasteiger partial charge is 0.454 e. The van der Waals surface area contributed by atoms with Gasteiger partial charge in [-0.3, -0.25) is 0 Å². The maximum Gasteiger partial charge on any atom is 0.480 e. The van der Waals surface area contributed by atoms with E-state index >= 15 is 0 Å². The number of fused-ring (bicyclic) bond motifs is 1. The highest BCUT2D eigenvalue weighted by Gasteiger charge is 2.53. The quantitative estimate of drug-likeness (QED) is 0.851. The molecular weight excluding hydrogens is 292 g/mol. The van der Waals surface area contributed by atoms with Crippen molar-refractivity contribution in [3.05, 3.63) is 22.7 Å².